The Kier molecular flexibility index (Phi) is 3.71. The molecule has 1 aliphatic rings. The maximum Gasteiger partial charge on any atom is 0.152 e. The quantitative estimate of drug-likeness (QED) is 0.831. The highest BCUT2D eigenvalue weighted by Crippen LogP contribution is 2.31. The fraction of sp³-hybridized carbons (Fsp3) is 0.533. The number of hydrogen-bond acceptors (Lipinski definition) is 3. The van der Waals surface area contributed by atoms with Gasteiger partial charge in [-0.15, -0.1) is 0 Å². The monoisotopic (exact) mass is 247 g/mol. The number of anilines is 1. The summed E-state index contributed by atoms with van der Waals surface area (Å²) in [4.78, 5) is 13.1. The van der Waals surface area contributed by atoms with E-state index in [0.717, 1.165) is 43.2 Å². The summed E-state index contributed by atoms with van der Waals surface area (Å²) in [5, 5.41) is 10.4. The Morgan fingerprint density at radius 1 is 1.39 bits per heavy atom. The van der Waals surface area contributed by atoms with Crippen LogP contribution >= 0.6 is 0 Å². The summed E-state index contributed by atoms with van der Waals surface area (Å²) in [7, 11) is 1.94. The van der Waals surface area contributed by atoms with Gasteiger partial charge >= 0.3 is 0 Å². The highest BCUT2D eigenvalue weighted by Gasteiger charge is 2.32. The lowest BCUT2D eigenvalue weighted by Gasteiger charge is -2.30. The van der Waals surface area contributed by atoms with Crippen LogP contribution in [0, 0.1) is 6.92 Å². The molecule has 3 nitrogen and oxygen atoms in total. The minimum atomic E-state index is -0.584. The van der Waals surface area contributed by atoms with E-state index >= 15 is 0 Å². The molecule has 1 N–H and O–H groups in total. The van der Waals surface area contributed by atoms with Crippen molar-refractivity contribution < 1.29 is 9.90 Å². The van der Waals surface area contributed by atoms with E-state index in [0.29, 0.717) is 12.1 Å². The fourth-order valence-electron chi connectivity index (χ4n) is 2.83. The molecule has 1 saturated carbocycles. The SMILES string of the molecule is Cc1ccc(N(C)CC2(O)CCCC2)c(C=O)c1. The molecule has 0 heterocycles. The normalized spacial score (nSPS) is 17.7. The second-order valence-electron chi connectivity index (χ2n) is 5.47. The number of carbonyl (C=O) groups is 1. The first-order valence-electron chi connectivity index (χ1n) is 6.53. The first-order valence-corrected chi connectivity index (χ1v) is 6.53. The highest BCUT2D eigenvalue weighted by molar-refractivity contribution is 5.84. The van der Waals surface area contributed by atoms with Gasteiger partial charge in [-0.25, -0.2) is 0 Å². The number of benzene rings is 1. The molecule has 0 unspecified atom stereocenters. The number of nitrogens with zero attached hydrogens (tertiary/aromatic N) is 1. The van der Waals surface area contributed by atoms with Crippen LogP contribution in [0.3, 0.4) is 0 Å². The van der Waals surface area contributed by atoms with E-state index in [-0.39, 0.29) is 0 Å². The molecule has 1 aromatic carbocycles. The summed E-state index contributed by atoms with van der Waals surface area (Å²) in [5.74, 6) is 0. The molecule has 1 aliphatic carbocycles. The summed E-state index contributed by atoms with van der Waals surface area (Å²) in [6.07, 6.45) is 4.80. The van der Waals surface area contributed by atoms with Crippen molar-refractivity contribution in [3.05, 3.63) is 29.3 Å². The molecule has 98 valence electrons. The van der Waals surface area contributed by atoms with Gasteiger partial charge in [0.25, 0.3) is 0 Å². The fourth-order valence-corrected chi connectivity index (χ4v) is 2.83. The van der Waals surface area contributed by atoms with Gasteiger partial charge in [-0.3, -0.25) is 4.79 Å². The maximum atomic E-state index is 11.1. The Labute approximate surface area is 108 Å². The molecule has 0 aliphatic heterocycles. The maximum absolute atomic E-state index is 11.1. The Hall–Kier alpha value is -1.35. The van der Waals surface area contributed by atoms with E-state index < -0.39 is 5.60 Å². The first-order chi connectivity index (χ1) is 8.54. The molecule has 0 atom stereocenters. The zero-order valence-corrected chi connectivity index (χ0v) is 11.1. The van der Waals surface area contributed by atoms with E-state index in [4.69, 9.17) is 0 Å². The average Bonchev–Trinajstić information content (AvgIpc) is 2.75. The van der Waals surface area contributed by atoms with Crippen molar-refractivity contribution in [2.24, 2.45) is 0 Å². The van der Waals surface area contributed by atoms with Crippen LogP contribution in [0.5, 0.6) is 0 Å². The van der Waals surface area contributed by atoms with Crippen LogP contribution in [0.2, 0.25) is 0 Å². The van der Waals surface area contributed by atoms with E-state index in [1.807, 2.05) is 37.1 Å². The molecule has 0 radical (unpaired) electrons. The largest absolute Gasteiger partial charge is 0.388 e. The molecule has 0 amide bonds. The van der Waals surface area contributed by atoms with Gasteiger partial charge in [0.2, 0.25) is 0 Å². The zero-order chi connectivity index (χ0) is 13.2. The predicted molar refractivity (Wildman–Crippen MR) is 73.3 cm³/mol. The van der Waals surface area contributed by atoms with Crippen molar-refractivity contribution in [1.82, 2.24) is 0 Å². The van der Waals surface area contributed by atoms with Crippen molar-refractivity contribution in [2.75, 3.05) is 18.5 Å². The Bertz CT molecular complexity index is 436. The third kappa shape index (κ3) is 2.72. The van der Waals surface area contributed by atoms with Crippen LogP contribution in [0.1, 0.15) is 41.6 Å². The van der Waals surface area contributed by atoms with Crippen LogP contribution < -0.4 is 4.90 Å². The van der Waals surface area contributed by atoms with Gasteiger partial charge in [0, 0.05) is 24.8 Å². The zero-order valence-electron chi connectivity index (χ0n) is 11.1. The first kappa shape index (κ1) is 13.1. The standard InChI is InChI=1S/C15H21NO2/c1-12-5-6-14(13(9-12)10-17)16(2)11-15(18)7-3-4-8-15/h5-6,9-10,18H,3-4,7-8,11H2,1-2H3. The molecule has 0 bridgehead atoms. The van der Waals surface area contributed by atoms with Crippen LogP contribution in [0.4, 0.5) is 5.69 Å². The van der Waals surface area contributed by atoms with Gasteiger partial charge in [-0.05, 0) is 31.9 Å². The number of aliphatic hydroxyl groups is 1. The smallest absolute Gasteiger partial charge is 0.152 e. The average molecular weight is 247 g/mol. The van der Waals surface area contributed by atoms with Gasteiger partial charge in [-0.2, -0.15) is 0 Å². The van der Waals surface area contributed by atoms with Crippen molar-refractivity contribution >= 4 is 12.0 Å². The molecular weight excluding hydrogens is 226 g/mol. The van der Waals surface area contributed by atoms with Crippen LogP contribution in [-0.2, 0) is 0 Å². The Balaban J connectivity index is 2.17. The summed E-state index contributed by atoms with van der Waals surface area (Å²) in [6.45, 7) is 2.57. The van der Waals surface area contributed by atoms with Crippen molar-refractivity contribution in [2.45, 2.75) is 38.2 Å². The summed E-state index contributed by atoms with van der Waals surface area (Å²) >= 11 is 0. The number of aldehydes is 1. The van der Waals surface area contributed by atoms with Crippen molar-refractivity contribution in [3.8, 4) is 0 Å². The van der Waals surface area contributed by atoms with E-state index in [2.05, 4.69) is 0 Å². The lowest BCUT2D eigenvalue weighted by atomic mass is 10.0. The summed E-state index contributed by atoms with van der Waals surface area (Å²) < 4.78 is 0. The number of carbonyl (C=O) groups excluding carboxylic acids is 1. The summed E-state index contributed by atoms with van der Waals surface area (Å²) in [5.41, 5.74) is 2.09. The third-order valence-corrected chi connectivity index (χ3v) is 3.79. The Morgan fingerprint density at radius 3 is 2.67 bits per heavy atom. The van der Waals surface area contributed by atoms with E-state index in [9.17, 15) is 9.90 Å². The van der Waals surface area contributed by atoms with E-state index in [1.165, 1.54) is 0 Å². The molecule has 18 heavy (non-hydrogen) atoms. The van der Waals surface area contributed by atoms with Gasteiger partial charge in [0.15, 0.2) is 6.29 Å². The number of rotatable bonds is 4. The van der Waals surface area contributed by atoms with Crippen LogP contribution in [0.25, 0.3) is 0 Å². The minimum Gasteiger partial charge on any atom is -0.388 e. The lowest BCUT2D eigenvalue weighted by Crippen LogP contribution is -2.39. The molecule has 3 heteroatoms. The number of likely N-dealkylation sites (N-methyl/N-ethyl adjacent to an activating group) is 1. The highest BCUT2D eigenvalue weighted by atomic mass is 16.3. The number of aryl methyl sites for hydroxylation is 1. The van der Waals surface area contributed by atoms with Crippen LogP contribution in [-0.4, -0.2) is 30.6 Å². The van der Waals surface area contributed by atoms with Gasteiger partial charge in [0.05, 0.1) is 5.60 Å². The molecule has 0 spiro atoms. The molecule has 0 saturated heterocycles. The van der Waals surface area contributed by atoms with Crippen molar-refractivity contribution in [3.63, 3.8) is 0 Å². The van der Waals surface area contributed by atoms with Gasteiger partial charge in [-0.1, -0.05) is 24.5 Å². The topological polar surface area (TPSA) is 40.5 Å². The Morgan fingerprint density at radius 2 is 2.06 bits per heavy atom. The molecule has 1 aromatic rings. The molecule has 0 aromatic heterocycles. The molecular formula is C15H21NO2. The number of hydrogen-bond donors (Lipinski definition) is 1. The molecule has 1 fully saturated rings. The van der Waals surface area contributed by atoms with E-state index in [1.54, 1.807) is 0 Å². The lowest BCUT2D eigenvalue weighted by molar-refractivity contribution is 0.0559. The van der Waals surface area contributed by atoms with Crippen molar-refractivity contribution in [1.29, 1.82) is 0 Å². The third-order valence-electron chi connectivity index (χ3n) is 3.79. The summed E-state index contributed by atoms with van der Waals surface area (Å²) in [6, 6.07) is 5.84. The second kappa shape index (κ2) is 5.11. The van der Waals surface area contributed by atoms with Gasteiger partial charge < -0.3 is 10.0 Å². The van der Waals surface area contributed by atoms with Gasteiger partial charge in [0.1, 0.15) is 0 Å². The second-order valence-corrected chi connectivity index (χ2v) is 5.47. The molecule has 2 rings (SSSR count). The van der Waals surface area contributed by atoms with Crippen LogP contribution in [0.15, 0.2) is 18.2 Å². The minimum absolute atomic E-state index is 0.584. The predicted octanol–water partition coefficient (Wildman–Crippen LogP) is 2.55.